The Morgan fingerprint density at radius 1 is 1.11 bits per heavy atom. The molecule has 152 valence electrons. The molecule has 0 saturated heterocycles. The molecule has 9 heteroatoms. The van der Waals surface area contributed by atoms with E-state index in [4.69, 9.17) is 4.42 Å². The molecule has 2 amide bonds. The van der Waals surface area contributed by atoms with Crippen LogP contribution in [-0.4, -0.2) is 55.0 Å². The number of rotatable bonds is 8. The first-order chi connectivity index (χ1) is 13.2. The number of alkyl halides is 3. The SMILES string of the molecule is CNC(=O)c1ccc(CN(C)CC(=O)N(Cc2ccco2)CC(F)(F)F)cc1. The Labute approximate surface area is 160 Å². The first-order valence-electron chi connectivity index (χ1n) is 8.54. The molecule has 0 unspecified atom stereocenters. The lowest BCUT2D eigenvalue weighted by molar-refractivity contribution is -0.163. The van der Waals surface area contributed by atoms with Gasteiger partial charge in [0, 0.05) is 19.2 Å². The number of furan rings is 1. The zero-order chi connectivity index (χ0) is 20.7. The van der Waals surface area contributed by atoms with Gasteiger partial charge in [0.2, 0.25) is 5.91 Å². The summed E-state index contributed by atoms with van der Waals surface area (Å²) < 4.78 is 43.6. The summed E-state index contributed by atoms with van der Waals surface area (Å²) in [4.78, 5) is 26.3. The van der Waals surface area contributed by atoms with E-state index in [9.17, 15) is 22.8 Å². The summed E-state index contributed by atoms with van der Waals surface area (Å²) in [5, 5.41) is 2.52. The molecule has 0 atom stereocenters. The molecule has 0 aliphatic heterocycles. The van der Waals surface area contributed by atoms with Crippen molar-refractivity contribution < 1.29 is 27.2 Å². The zero-order valence-electron chi connectivity index (χ0n) is 15.6. The Morgan fingerprint density at radius 2 is 1.79 bits per heavy atom. The fourth-order valence-electron chi connectivity index (χ4n) is 2.64. The number of amides is 2. The second-order valence-corrected chi connectivity index (χ2v) is 6.39. The van der Waals surface area contributed by atoms with E-state index in [1.807, 2.05) is 0 Å². The number of halogens is 3. The van der Waals surface area contributed by atoms with E-state index in [2.05, 4.69) is 5.32 Å². The molecule has 1 N–H and O–H groups in total. The molecule has 1 aromatic heterocycles. The maximum Gasteiger partial charge on any atom is 0.406 e. The summed E-state index contributed by atoms with van der Waals surface area (Å²) in [5.74, 6) is -0.584. The molecule has 1 heterocycles. The van der Waals surface area contributed by atoms with Crippen LogP contribution in [-0.2, 0) is 17.9 Å². The first kappa shape index (κ1) is 21.5. The Kier molecular flexibility index (Phi) is 7.22. The fourth-order valence-corrected chi connectivity index (χ4v) is 2.64. The van der Waals surface area contributed by atoms with E-state index in [0.717, 1.165) is 10.5 Å². The van der Waals surface area contributed by atoms with Crippen LogP contribution in [0.15, 0.2) is 47.1 Å². The highest BCUT2D eigenvalue weighted by Crippen LogP contribution is 2.19. The molecule has 0 radical (unpaired) electrons. The fraction of sp³-hybridized carbons (Fsp3) is 0.368. The number of carbonyl (C=O) groups is 2. The van der Waals surface area contributed by atoms with Crippen LogP contribution in [0.5, 0.6) is 0 Å². The van der Waals surface area contributed by atoms with E-state index in [-0.39, 0.29) is 24.8 Å². The minimum absolute atomic E-state index is 0.187. The topological polar surface area (TPSA) is 65.8 Å². The van der Waals surface area contributed by atoms with Crippen molar-refractivity contribution in [3.63, 3.8) is 0 Å². The van der Waals surface area contributed by atoms with Crippen LogP contribution in [0.1, 0.15) is 21.7 Å². The van der Waals surface area contributed by atoms with Crippen molar-refractivity contribution in [3.05, 3.63) is 59.5 Å². The van der Waals surface area contributed by atoms with E-state index < -0.39 is 18.6 Å². The van der Waals surface area contributed by atoms with Crippen molar-refractivity contribution in [1.29, 1.82) is 0 Å². The molecule has 0 aliphatic rings. The molecule has 1 aromatic carbocycles. The molecule has 2 aromatic rings. The molecule has 28 heavy (non-hydrogen) atoms. The lowest BCUT2D eigenvalue weighted by Crippen LogP contribution is -2.43. The van der Waals surface area contributed by atoms with Gasteiger partial charge in [-0.15, -0.1) is 0 Å². The van der Waals surface area contributed by atoms with Crippen LogP contribution in [0.25, 0.3) is 0 Å². The summed E-state index contributed by atoms with van der Waals surface area (Å²) in [6.07, 6.45) is -3.16. The van der Waals surface area contributed by atoms with Crippen molar-refractivity contribution in [2.75, 3.05) is 27.2 Å². The van der Waals surface area contributed by atoms with Crippen LogP contribution >= 0.6 is 0 Å². The summed E-state index contributed by atoms with van der Waals surface area (Å²) in [5.41, 5.74) is 1.33. The summed E-state index contributed by atoms with van der Waals surface area (Å²) in [6, 6.07) is 9.85. The molecule has 0 bridgehead atoms. The van der Waals surface area contributed by atoms with Gasteiger partial charge < -0.3 is 14.6 Å². The third-order valence-corrected chi connectivity index (χ3v) is 3.95. The number of hydrogen-bond acceptors (Lipinski definition) is 4. The highest BCUT2D eigenvalue weighted by atomic mass is 19.4. The lowest BCUT2D eigenvalue weighted by atomic mass is 10.1. The summed E-state index contributed by atoms with van der Waals surface area (Å²) in [6.45, 7) is -1.43. The minimum atomic E-state index is -4.50. The van der Waals surface area contributed by atoms with E-state index in [0.29, 0.717) is 12.1 Å². The van der Waals surface area contributed by atoms with Crippen LogP contribution in [0.3, 0.4) is 0 Å². The number of hydrogen-bond donors (Lipinski definition) is 1. The maximum atomic E-state index is 12.8. The van der Waals surface area contributed by atoms with Crippen molar-refractivity contribution in [1.82, 2.24) is 15.1 Å². The molecule has 6 nitrogen and oxygen atoms in total. The van der Waals surface area contributed by atoms with Crippen LogP contribution < -0.4 is 5.32 Å². The first-order valence-corrected chi connectivity index (χ1v) is 8.54. The second kappa shape index (κ2) is 9.41. The maximum absolute atomic E-state index is 12.8. The van der Waals surface area contributed by atoms with Crippen LogP contribution in [0.4, 0.5) is 13.2 Å². The van der Waals surface area contributed by atoms with Gasteiger partial charge in [0.15, 0.2) is 0 Å². The van der Waals surface area contributed by atoms with Gasteiger partial charge in [-0.2, -0.15) is 13.2 Å². The van der Waals surface area contributed by atoms with Gasteiger partial charge >= 0.3 is 6.18 Å². The summed E-state index contributed by atoms with van der Waals surface area (Å²) >= 11 is 0. The van der Waals surface area contributed by atoms with Crippen molar-refractivity contribution in [3.8, 4) is 0 Å². The van der Waals surface area contributed by atoms with Gasteiger partial charge in [-0.1, -0.05) is 12.1 Å². The van der Waals surface area contributed by atoms with E-state index >= 15 is 0 Å². The Hall–Kier alpha value is -2.81. The smallest absolute Gasteiger partial charge is 0.406 e. The number of benzene rings is 1. The molecular formula is C19H22F3N3O3. The highest BCUT2D eigenvalue weighted by Gasteiger charge is 2.33. The van der Waals surface area contributed by atoms with Gasteiger partial charge in [-0.25, -0.2) is 0 Å². The Bertz CT molecular complexity index is 774. The monoisotopic (exact) mass is 397 g/mol. The van der Waals surface area contributed by atoms with Crippen LogP contribution in [0.2, 0.25) is 0 Å². The predicted molar refractivity (Wildman–Crippen MR) is 96.3 cm³/mol. The van der Waals surface area contributed by atoms with E-state index in [1.54, 1.807) is 42.3 Å². The zero-order valence-corrected chi connectivity index (χ0v) is 15.6. The van der Waals surface area contributed by atoms with Gasteiger partial charge in [0.25, 0.3) is 5.91 Å². The number of carbonyl (C=O) groups excluding carboxylic acids is 2. The second-order valence-electron chi connectivity index (χ2n) is 6.39. The molecular weight excluding hydrogens is 375 g/mol. The van der Waals surface area contributed by atoms with E-state index in [1.165, 1.54) is 19.4 Å². The molecule has 0 aliphatic carbocycles. The minimum Gasteiger partial charge on any atom is -0.467 e. The van der Waals surface area contributed by atoms with Gasteiger partial charge in [0.1, 0.15) is 12.3 Å². The molecule has 0 fully saturated rings. The third-order valence-electron chi connectivity index (χ3n) is 3.95. The normalized spacial score (nSPS) is 11.5. The Morgan fingerprint density at radius 3 is 2.32 bits per heavy atom. The standard InChI is InChI=1S/C19H22F3N3O3/c1-23-18(27)15-7-5-14(6-8-15)10-24(2)12-17(26)25(13-19(20,21)22)11-16-4-3-9-28-16/h3-9H,10-13H2,1-2H3,(H,23,27). The average Bonchev–Trinajstić information content (AvgIpc) is 3.13. The van der Waals surface area contributed by atoms with Crippen molar-refractivity contribution in [2.45, 2.75) is 19.3 Å². The third kappa shape index (κ3) is 6.73. The number of nitrogens with zero attached hydrogens (tertiary/aromatic N) is 2. The molecule has 2 rings (SSSR count). The van der Waals surface area contributed by atoms with Crippen molar-refractivity contribution in [2.24, 2.45) is 0 Å². The number of nitrogens with one attached hydrogen (secondary N) is 1. The van der Waals surface area contributed by atoms with Crippen LogP contribution in [0, 0.1) is 0 Å². The van der Waals surface area contributed by atoms with Crippen molar-refractivity contribution >= 4 is 11.8 Å². The van der Waals surface area contributed by atoms with Gasteiger partial charge in [0.05, 0.1) is 19.4 Å². The predicted octanol–water partition coefficient (Wildman–Crippen LogP) is 2.66. The Balaban J connectivity index is 1.98. The largest absolute Gasteiger partial charge is 0.467 e. The van der Waals surface area contributed by atoms with Gasteiger partial charge in [-0.3, -0.25) is 14.5 Å². The number of likely N-dealkylation sites (N-methyl/N-ethyl adjacent to an activating group) is 1. The molecule has 0 spiro atoms. The lowest BCUT2D eigenvalue weighted by Gasteiger charge is -2.25. The summed E-state index contributed by atoms with van der Waals surface area (Å²) in [7, 11) is 3.17. The average molecular weight is 397 g/mol. The van der Waals surface area contributed by atoms with Gasteiger partial charge in [-0.05, 0) is 36.9 Å². The molecule has 0 saturated carbocycles. The quantitative estimate of drug-likeness (QED) is 0.744. The highest BCUT2D eigenvalue weighted by molar-refractivity contribution is 5.93.